The highest BCUT2D eigenvalue weighted by Gasteiger charge is 2.34. The molecule has 33 heavy (non-hydrogen) atoms. The summed E-state index contributed by atoms with van der Waals surface area (Å²) < 4.78 is 0. The third-order valence-electron chi connectivity index (χ3n) is 5.49. The van der Waals surface area contributed by atoms with Gasteiger partial charge in [0.25, 0.3) is 5.69 Å². The van der Waals surface area contributed by atoms with Crippen molar-refractivity contribution in [2.75, 3.05) is 6.54 Å². The Bertz CT molecular complexity index is 1370. The van der Waals surface area contributed by atoms with Crippen LogP contribution in [0.2, 0.25) is 0 Å². The Kier molecular flexibility index (Phi) is 5.75. The Morgan fingerprint density at radius 2 is 1.97 bits per heavy atom. The van der Waals surface area contributed by atoms with Crippen LogP contribution in [0.1, 0.15) is 12.0 Å². The number of amides is 1. The molecule has 0 spiro atoms. The average Bonchev–Trinajstić information content (AvgIpc) is 2.90. The van der Waals surface area contributed by atoms with E-state index in [1.54, 1.807) is 18.2 Å². The lowest BCUT2D eigenvalue weighted by Crippen LogP contribution is -2.50. The number of rotatable bonds is 6. The van der Waals surface area contributed by atoms with Gasteiger partial charge >= 0.3 is 17.1 Å². The van der Waals surface area contributed by atoms with Crippen LogP contribution in [0, 0.1) is 10.1 Å². The summed E-state index contributed by atoms with van der Waals surface area (Å²) in [4.78, 5) is 64.7. The second kappa shape index (κ2) is 8.67. The van der Waals surface area contributed by atoms with Gasteiger partial charge in [-0.2, -0.15) is 0 Å². The van der Waals surface area contributed by atoms with E-state index in [4.69, 9.17) is 0 Å². The van der Waals surface area contributed by atoms with Crippen LogP contribution >= 0.6 is 0 Å². The summed E-state index contributed by atoms with van der Waals surface area (Å²) in [7, 11) is 0. The van der Waals surface area contributed by atoms with Crippen LogP contribution in [-0.4, -0.2) is 55.4 Å². The van der Waals surface area contributed by atoms with Crippen molar-refractivity contribution in [3.63, 3.8) is 0 Å². The predicted octanol–water partition coefficient (Wildman–Crippen LogP) is 0.321. The number of fused-ring (bicyclic) bond motifs is 2. The fourth-order valence-electron chi connectivity index (χ4n) is 3.96. The number of hydrogen-bond donors (Lipinski definition) is 4. The molecule has 12 nitrogen and oxygen atoms in total. The third-order valence-corrected chi connectivity index (χ3v) is 5.49. The summed E-state index contributed by atoms with van der Waals surface area (Å²) in [5.41, 5.74) is -0.806. The molecule has 2 aliphatic rings. The second-order valence-corrected chi connectivity index (χ2v) is 7.61. The molecular weight excluding hydrogens is 434 g/mol. The quantitative estimate of drug-likeness (QED) is 0.274. The van der Waals surface area contributed by atoms with Crippen LogP contribution in [0.3, 0.4) is 0 Å². The van der Waals surface area contributed by atoms with Crippen molar-refractivity contribution in [2.24, 2.45) is 0 Å². The van der Waals surface area contributed by atoms with Crippen molar-refractivity contribution in [2.45, 2.75) is 25.0 Å². The SMILES string of the molecule is O=C(O)CN1C(=O)C(NCc2cc([N+](=O)[O-])cc3[nH]c(=O)c(=O)[nH]c23)CC=C2C=CC=CC21. The zero-order chi connectivity index (χ0) is 23.7. The van der Waals surface area contributed by atoms with Gasteiger partial charge in [0, 0.05) is 18.7 Å². The van der Waals surface area contributed by atoms with Gasteiger partial charge in [-0.3, -0.25) is 29.3 Å². The molecule has 1 aliphatic heterocycles. The molecule has 0 radical (unpaired) electrons. The lowest BCUT2D eigenvalue weighted by molar-refractivity contribution is -0.384. The minimum atomic E-state index is -1.16. The first kappa shape index (κ1) is 21.9. The number of non-ortho nitro benzene ring substituents is 1. The van der Waals surface area contributed by atoms with E-state index in [-0.39, 0.29) is 29.7 Å². The van der Waals surface area contributed by atoms with E-state index in [9.17, 15) is 34.4 Å². The van der Waals surface area contributed by atoms with E-state index in [1.807, 2.05) is 12.2 Å². The van der Waals surface area contributed by atoms with Crippen molar-refractivity contribution >= 4 is 28.6 Å². The number of carbonyl (C=O) groups is 2. The van der Waals surface area contributed by atoms with E-state index >= 15 is 0 Å². The van der Waals surface area contributed by atoms with Crippen LogP contribution in [-0.2, 0) is 16.1 Å². The Hall–Kier alpha value is -4.32. The molecule has 2 aromatic rings. The molecule has 0 saturated heterocycles. The number of carboxylic acids is 1. The van der Waals surface area contributed by atoms with Crippen molar-refractivity contribution in [1.82, 2.24) is 20.2 Å². The van der Waals surface area contributed by atoms with Gasteiger partial charge in [-0.05, 0) is 17.6 Å². The number of H-pyrrole nitrogens is 2. The van der Waals surface area contributed by atoms with Gasteiger partial charge < -0.3 is 25.3 Å². The molecule has 4 N–H and O–H groups in total. The Labute approximate surface area is 185 Å². The molecule has 0 saturated carbocycles. The maximum atomic E-state index is 13.2. The Morgan fingerprint density at radius 3 is 2.70 bits per heavy atom. The maximum absolute atomic E-state index is 13.2. The summed E-state index contributed by atoms with van der Waals surface area (Å²) in [5.74, 6) is -1.59. The van der Waals surface area contributed by atoms with E-state index in [0.717, 1.165) is 11.6 Å². The standard InChI is InChI=1S/C21H19N5O7/c27-17(28)10-25-16-4-2-1-3-11(16)5-6-14(21(25)31)22-9-12-7-13(26(32)33)8-15-18(12)24-20(30)19(29)23-15/h1-5,7-8,14,16,22H,6,9-10H2,(H,23,29)(H,24,30)(H,27,28). The summed E-state index contributed by atoms with van der Waals surface area (Å²) in [6.07, 6.45) is 9.19. The number of nitro benzene ring substituents is 1. The summed E-state index contributed by atoms with van der Waals surface area (Å²) in [5, 5.41) is 23.7. The fraction of sp³-hybridized carbons (Fsp3) is 0.238. The number of aromatic nitrogens is 2. The number of aromatic amines is 2. The van der Waals surface area contributed by atoms with Crippen LogP contribution in [0.25, 0.3) is 11.0 Å². The minimum Gasteiger partial charge on any atom is -0.480 e. The highest BCUT2D eigenvalue weighted by molar-refractivity contribution is 5.87. The van der Waals surface area contributed by atoms with Gasteiger partial charge in [0.1, 0.15) is 6.54 Å². The number of hydrogen-bond acceptors (Lipinski definition) is 7. The molecule has 1 amide bonds. The topological polar surface area (TPSA) is 178 Å². The molecule has 170 valence electrons. The van der Waals surface area contributed by atoms with Gasteiger partial charge in [-0.15, -0.1) is 0 Å². The molecule has 2 unspecified atom stereocenters. The minimum absolute atomic E-state index is 0.0585. The van der Waals surface area contributed by atoms with E-state index in [1.165, 1.54) is 11.0 Å². The molecule has 1 aromatic carbocycles. The first-order valence-electron chi connectivity index (χ1n) is 9.99. The number of nitro groups is 1. The highest BCUT2D eigenvalue weighted by Crippen LogP contribution is 2.25. The molecule has 4 rings (SSSR count). The zero-order valence-electron chi connectivity index (χ0n) is 17.1. The number of benzene rings is 1. The molecule has 1 aliphatic carbocycles. The Balaban J connectivity index is 1.67. The number of carbonyl (C=O) groups excluding carboxylic acids is 1. The molecule has 1 aromatic heterocycles. The second-order valence-electron chi connectivity index (χ2n) is 7.61. The first-order valence-corrected chi connectivity index (χ1v) is 9.99. The van der Waals surface area contributed by atoms with Crippen molar-refractivity contribution in [3.8, 4) is 0 Å². The molecule has 0 fully saturated rings. The molecule has 2 atom stereocenters. The van der Waals surface area contributed by atoms with Crippen molar-refractivity contribution in [1.29, 1.82) is 0 Å². The van der Waals surface area contributed by atoms with Crippen LogP contribution in [0.4, 0.5) is 5.69 Å². The maximum Gasteiger partial charge on any atom is 0.323 e. The summed E-state index contributed by atoms with van der Waals surface area (Å²) >= 11 is 0. The average molecular weight is 453 g/mol. The lowest BCUT2D eigenvalue weighted by Gasteiger charge is -2.31. The zero-order valence-corrected chi connectivity index (χ0v) is 17.1. The fourth-order valence-corrected chi connectivity index (χ4v) is 3.96. The van der Waals surface area contributed by atoms with E-state index in [0.29, 0.717) is 5.56 Å². The molecule has 12 heteroatoms. The smallest absolute Gasteiger partial charge is 0.323 e. The first-order chi connectivity index (χ1) is 15.7. The van der Waals surface area contributed by atoms with Crippen molar-refractivity contribution in [3.05, 3.63) is 84.5 Å². The van der Waals surface area contributed by atoms with Crippen LogP contribution < -0.4 is 16.4 Å². The molecular formula is C21H19N5O7. The lowest BCUT2D eigenvalue weighted by atomic mass is 10.0. The van der Waals surface area contributed by atoms with Crippen molar-refractivity contribution < 1.29 is 19.6 Å². The van der Waals surface area contributed by atoms with Gasteiger partial charge in [0.2, 0.25) is 5.91 Å². The molecule has 2 heterocycles. The number of nitrogens with zero attached hydrogens (tertiary/aromatic N) is 2. The summed E-state index contributed by atoms with van der Waals surface area (Å²) in [6, 6.07) is 1.05. The highest BCUT2D eigenvalue weighted by atomic mass is 16.6. The molecule has 0 bridgehead atoms. The number of aliphatic carboxylic acids is 1. The number of nitrogens with one attached hydrogen (secondary N) is 3. The third kappa shape index (κ3) is 4.36. The van der Waals surface area contributed by atoms with Gasteiger partial charge in [0.05, 0.1) is 28.0 Å². The van der Waals surface area contributed by atoms with Gasteiger partial charge in [-0.1, -0.05) is 30.4 Å². The Morgan fingerprint density at radius 1 is 1.21 bits per heavy atom. The predicted molar refractivity (Wildman–Crippen MR) is 117 cm³/mol. The van der Waals surface area contributed by atoms with Crippen LogP contribution in [0.15, 0.2) is 57.7 Å². The van der Waals surface area contributed by atoms with E-state index < -0.39 is 46.5 Å². The monoisotopic (exact) mass is 453 g/mol. The van der Waals surface area contributed by atoms with Gasteiger partial charge in [-0.25, -0.2) is 0 Å². The number of allylic oxidation sites excluding steroid dienone is 2. The largest absolute Gasteiger partial charge is 0.480 e. The van der Waals surface area contributed by atoms with E-state index in [2.05, 4.69) is 15.3 Å². The van der Waals surface area contributed by atoms with Gasteiger partial charge in [0.15, 0.2) is 0 Å². The number of carboxylic acid groups (broad SMARTS) is 1. The summed E-state index contributed by atoms with van der Waals surface area (Å²) in [6.45, 7) is -0.553. The van der Waals surface area contributed by atoms with Crippen LogP contribution in [0.5, 0.6) is 0 Å². The normalized spacial score (nSPS) is 19.8.